The predicted molar refractivity (Wildman–Crippen MR) is 119 cm³/mol. The molecule has 0 bridgehead atoms. The number of hydrogen-bond donors (Lipinski definition) is 1. The zero-order valence-corrected chi connectivity index (χ0v) is 17.8. The maximum atomic E-state index is 13.4. The van der Waals surface area contributed by atoms with Crippen LogP contribution in [0, 0.1) is 6.92 Å². The van der Waals surface area contributed by atoms with E-state index in [-0.39, 0.29) is 5.57 Å². The minimum Gasteiger partial charge on any atom is -0.872 e. The van der Waals surface area contributed by atoms with Crippen LogP contribution in [0.25, 0.3) is 5.76 Å². The topological polar surface area (TPSA) is 64.9 Å². The third kappa shape index (κ3) is 3.76. The smallest absolute Gasteiger partial charge is 0.299 e. The molecular weight excluding hydrogens is 388 g/mol. The van der Waals surface area contributed by atoms with Crippen LogP contribution in [0.2, 0.25) is 0 Å². The lowest BCUT2D eigenvalue weighted by Gasteiger charge is -2.27. The standard InChI is InChI=1S/C26H24N2O3/c1-17-9-11-19(12-10-17)24(29)22-23(18-7-5-4-6-8-18)28(26(31)25(22)30)21-15-13-20(14-16-21)27(2)3/h4-16,23,29H,1-3H3. The van der Waals surface area contributed by atoms with Crippen molar-refractivity contribution < 1.29 is 19.6 Å². The van der Waals surface area contributed by atoms with E-state index in [0.717, 1.165) is 21.7 Å². The lowest BCUT2D eigenvalue weighted by molar-refractivity contribution is -0.786. The molecule has 156 valence electrons. The Morgan fingerprint density at radius 3 is 2.06 bits per heavy atom. The van der Waals surface area contributed by atoms with E-state index >= 15 is 0 Å². The number of ketones is 1. The summed E-state index contributed by atoms with van der Waals surface area (Å²) in [5.41, 5.74) is 3.76. The third-order valence-corrected chi connectivity index (χ3v) is 5.59. The predicted octanol–water partition coefficient (Wildman–Crippen LogP) is 2.20. The van der Waals surface area contributed by atoms with Crippen molar-refractivity contribution in [1.82, 2.24) is 0 Å². The third-order valence-electron chi connectivity index (χ3n) is 5.59. The Morgan fingerprint density at radius 1 is 0.871 bits per heavy atom. The molecule has 1 saturated heterocycles. The van der Waals surface area contributed by atoms with Gasteiger partial charge in [-0.15, -0.1) is 0 Å². The number of carbonyl (C=O) groups excluding carboxylic acids is 2. The van der Waals surface area contributed by atoms with Crippen molar-refractivity contribution in [3.63, 3.8) is 0 Å². The van der Waals surface area contributed by atoms with Gasteiger partial charge in [-0.05, 0) is 30.2 Å². The Balaban J connectivity index is 1.89. The first kappa shape index (κ1) is 20.6. The summed E-state index contributed by atoms with van der Waals surface area (Å²) in [6.45, 7) is 1.93. The van der Waals surface area contributed by atoms with Crippen molar-refractivity contribution in [3.8, 4) is 0 Å². The minimum atomic E-state index is -0.771. The van der Waals surface area contributed by atoms with Crippen LogP contribution in [0.3, 0.4) is 0 Å². The van der Waals surface area contributed by atoms with Gasteiger partial charge in [-0.2, -0.15) is 0 Å². The molecule has 0 saturated carbocycles. The normalized spacial score (nSPS) is 18.1. The number of carbonyl (C=O) groups is 2. The number of Topliss-reactive ketones (excluding diaryl/α,β-unsaturated/α-hetero) is 1. The monoisotopic (exact) mass is 412 g/mol. The van der Waals surface area contributed by atoms with Gasteiger partial charge >= 0.3 is 0 Å². The van der Waals surface area contributed by atoms with Crippen LogP contribution in [-0.2, 0) is 9.59 Å². The summed E-state index contributed by atoms with van der Waals surface area (Å²) in [6, 6.07) is 23.0. The highest BCUT2D eigenvalue weighted by Gasteiger charge is 2.45. The molecule has 1 N–H and O–H groups in total. The maximum absolute atomic E-state index is 13.4. The molecule has 0 aliphatic carbocycles. The summed E-state index contributed by atoms with van der Waals surface area (Å²) in [5, 5.41) is 13.4. The van der Waals surface area contributed by atoms with Crippen LogP contribution < -0.4 is 14.9 Å². The molecule has 31 heavy (non-hydrogen) atoms. The molecule has 1 heterocycles. The van der Waals surface area contributed by atoms with E-state index in [1.807, 2.05) is 87.7 Å². The molecule has 3 aromatic carbocycles. The molecule has 5 nitrogen and oxygen atoms in total. The summed E-state index contributed by atoms with van der Waals surface area (Å²) < 4.78 is 0. The Bertz CT molecular complexity index is 1150. The van der Waals surface area contributed by atoms with Gasteiger partial charge in [-0.25, -0.2) is 0 Å². The van der Waals surface area contributed by atoms with Gasteiger partial charge in [-0.3, -0.25) is 14.5 Å². The van der Waals surface area contributed by atoms with E-state index in [9.17, 15) is 14.7 Å². The van der Waals surface area contributed by atoms with Gasteiger partial charge in [0.1, 0.15) is 5.69 Å². The minimum absolute atomic E-state index is 0.0117. The second kappa shape index (κ2) is 8.20. The zero-order valence-electron chi connectivity index (χ0n) is 17.8. The SMILES string of the molecule is Cc1ccc(C([O-])=C2C(=O)C(=O)N(c3ccc([NH+](C)C)cc3)C2c2ccccc2)cc1. The fraction of sp³-hybridized carbons (Fsp3) is 0.154. The molecule has 1 atom stereocenters. The maximum Gasteiger partial charge on any atom is 0.299 e. The molecule has 4 rings (SSSR count). The number of anilines is 1. The van der Waals surface area contributed by atoms with Crippen LogP contribution in [0.4, 0.5) is 11.4 Å². The van der Waals surface area contributed by atoms with E-state index in [1.165, 1.54) is 4.90 Å². The summed E-state index contributed by atoms with van der Waals surface area (Å²) >= 11 is 0. The lowest BCUT2D eigenvalue weighted by Crippen LogP contribution is -3.00. The van der Waals surface area contributed by atoms with Crippen molar-refractivity contribution in [1.29, 1.82) is 0 Å². The molecule has 1 unspecified atom stereocenters. The highest BCUT2D eigenvalue weighted by molar-refractivity contribution is 6.51. The number of aryl methyl sites for hydroxylation is 1. The molecule has 0 aromatic heterocycles. The second-order valence-corrected chi connectivity index (χ2v) is 7.97. The Kier molecular flexibility index (Phi) is 5.44. The number of nitrogens with one attached hydrogen (secondary N) is 1. The quantitative estimate of drug-likeness (QED) is 0.406. The van der Waals surface area contributed by atoms with Crippen molar-refractivity contribution >= 4 is 28.8 Å². The average Bonchev–Trinajstić information content (AvgIpc) is 3.05. The number of benzene rings is 3. The first-order chi connectivity index (χ1) is 14.9. The van der Waals surface area contributed by atoms with E-state index in [2.05, 4.69) is 0 Å². The van der Waals surface area contributed by atoms with Crippen molar-refractivity contribution in [2.75, 3.05) is 19.0 Å². The Morgan fingerprint density at radius 2 is 1.48 bits per heavy atom. The Hall–Kier alpha value is -3.70. The van der Waals surface area contributed by atoms with E-state index < -0.39 is 23.5 Å². The molecule has 5 heteroatoms. The van der Waals surface area contributed by atoms with Crippen LogP contribution in [0.1, 0.15) is 22.7 Å². The molecule has 0 spiro atoms. The summed E-state index contributed by atoms with van der Waals surface area (Å²) in [4.78, 5) is 28.8. The van der Waals surface area contributed by atoms with E-state index in [1.54, 1.807) is 12.1 Å². The van der Waals surface area contributed by atoms with Crippen molar-refractivity contribution in [3.05, 3.63) is 101 Å². The number of quaternary nitrogens is 1. The molecule has 3 aromatic rings. The van der Waals surface area contributed by atoms with Gasteiger partial charge in [0, 0.05) is 23.4 Å². The second-order valence-electron chi connectivity index (χ2n) is 7.97. The highest BCUT2D eigenvalue weighted by Crippen LogP contribution is 2.41. The largest absolute Gasteiger partial charge is 0.872 e. The molecule has 1 fully saturated rings. The molecule has 0 radical (unpaired) electrons. The van der Waals surface area contributed by atoms with Gasteiger partial charge in [0.15, 0.2) is 0 Å². The lowest BCUT2D eigenvalue weighted by atomic mass is 9.95. The highest BCUT2D eigenvalue weighted by atomic mass is 16.3. The van der Waals surface area contributed by atoms with Gasteiger partial charge < -0.3 is 10.0 Å². The molecule has 1 aliphatic heterocycles. The summed E-state index contributed by atoms with van der Waals surface area (Å²) in [6.07, 6.45) is 0. The zero-order chi connectivity index (χ0) is 22.1. The van der Waals surface area contributed by atoms with E-state index in [0.29, 0.717) is 11.3 Å². The van der Waals surface area contributed by atoms with Gasteiger partial charge in [0.2, 0.25) is 5.78 Å². The molecule has 1 aliphatic rings. The molecular formula is C26H24N2O3. The Labute approximate surface area is 181 Å². The number of hydrogen-bond acceptors (Lipinski definition) is 3. The van der Waals surface area contributed by atoms with Gasteiger partial charge in [0.25, 0.3) is 5.91 Å². The van der Waals surface area contributed by atoms with Crippen molar-refractivity contribution in [2.45, 2.75) is 13.0 Å². The number of amides is 1. The van der Waals surface area contributed by atoms with Crippen molar-refractivity contribution in [2.24, 2.45) is 0 Å². The van der Waals surface area contributed by atoms with Gasteiger partial charge in [0.05, 0.1) is 20.1 Å². The van der Waals surface area contributed by atoms with Crippen LogP contribution >= 0.6 is 0 Å². The first-order valence-corrected chi connectivity index (χ1v) is 10.2. The van der Waals surface area contributed by atoms with Crippen LogP contribution in [0.5, 0.6) is 0 Å². The first-order valence-electron chi connectivity index (χ1n) is 10.2. The van der Waals surface area contributed by atoms with Gasteiger partial charge in [-0.1, -0.05) is 65.9 Å². The number of rotatable bonds is 4. The summed E-state index contributed by atoms with van der Waals surface area (Å²) in [5.74, 6) is -1.85. The fourth-order valence-corrected chi connectivity index (χ4v) is 3.86. The molecule has 1 amide bonds. The van der Waals surface area contributed by atoms with Crippen LogP contribution in [-0.4, -0.2) is 25.8 Å². The fourth-order valence-electron chi connectivity index (χ4n) is 3.86. The summed E-state index contributed by atoms with van der Waals surface area (Å²) in [7, 11) is 4.02. The van der Waals surface area contributed by atoms with Crippen LogP contribution in [0.15, 0.2) is 84.4 Å². The average molecular weight is 412 g/mol. The van der Waals surface area contributed by atoms with E-state index in [4.69, 9.17) is 0 Å². The number of nitrogens with zero attached hydrogens (tertiary/aromatic N) is 1.